The van der Waals surface area contributed by atoms with Gasteiger partial charge in [0.05, 0.1) is 29.7 Å². The number of nitrogens with one attached hydrogen (secondary N) is 1. The highest BCUT2D eigenvalue weighted by Crippen LogP contribution is 2.35. The van der Waals surface area contributed by atoms with E-state index in [0.29, 0.717) is 38.3 Å². The van der Waals surface area contributed by atoms with E-state index in [1.165, 1.54) is 17.7 Å². The van der Waals surface area contributed by atoms with Crippen LogP contribution in [0, 0.1) is 5.82 Å². The van der Waals surface area contributed by atoms with Crippen molar-refractivity contribution < 1.29 is 18.7 Å². The van der Waals surface area contributed by atoms with Crippen LogP contribution in [0.15, 0.2) is 54.7 Å². The van der Waals surface area contributed by atoms with E-state index in [1.807, 2.05) is 26.0 Å². The smallest absolute Gasteiger partial charge is 0.254 e. The lowest BCUT2D eigenvalue weighted by Gasteiger charge is -2.38. The molecule has 0 aliphatic carbocycles. The predicted octanol–water partition coefficient (Wildman–Crippen LogP) is 4.45. The first kappa shape index (κ1) is 23.0. The summed E-state index contributed by atoms with van der Waals surface area (Å²) in [5, 5.41) is 7.56. The molecule has 0 unspecified atom stereocenters. The molecule has 174 valence electrons. The molecule has 4 rings (SSSR count). The van der Waals surface area contributed by atoms with Crippen LogP contribution < -0.4 is 10.1 Å². The lowest BCUT2D eigenvalue weighted by molar-refractivity contribution is 0.0487. The molecule has 0 radical (unpaired) electrons. The number of ether oxygens (including phenoxy) is 2. The first-order valence-electron chi connectivity index (χ1n) is 11.5. The van der Waals surface area contributed by atoms with E-state index in [0.717, 1.165) is 30.0 Å². The number of benzene rings is 2. The van der Waals surface area contributed by atoms with Gasteiger partial charge in [-0.05, 0) is 68.1 Å². The fourth-order valence-corrected chi connectivity index (χ4v) is 4.45. The van der Waals surface area contributed by atoms with Crippen molar-refractivity contribution >= 4 is 5.91 Å². The molecule has 1 aromatic heterocycles. The second-order valence-electron chi connectivity index (χ2n) is 8.28. The van der Waals surface area contributed by atoms with Gasteiger partial charge in [0.1, 0.15) is 11.6 Å². The van der Waals surface area contributed by atoms with E-state index >= 15 is 0 Å². The van der Waals surface area contributed by atoms with Gasteiger partial charge in [-0.2, -0.15) is 5.10 Å². The number of hydrogen-bond donors (Lipinski definition) is 1. The minimum Gasteiger partial charge on any atom is -0.494 e. The third kappa shape index (κ3) is 4.93. The normalized spacial score (nSPS) is 15.2. The SMILES string of the molecule is CCOc1ccc(C2(CNC(=O)c3cnn(-c4ccc(F)cc4)c3CC)CCOCC2)cc1. The second kappa shape index (κ2) is 10.2. The Morgan fingerprint density at radius 2 is 1.82 bits per heavy atom. The molecule has 0 spiro atoms. The van der Waals surface area contributed by atoms with E-state index in [2.05, 4.69) is 22.5 Å². The maximum atomic E-state index is 13.3. The molecule has 1 fully saturated rings. The van der Waals surface area contributed by atoms with Crippen LogP contribution in [-0.4, -0.2) is 42.1 Å². The first-order chi connectivity index (χ1) is 16.1. The molecule has 7 heteroatoms. The number of carbonyl (C=O) groups is 1. The highest BCUT2D eigenvalue weighted by atomic mass is 19.1. The minimum absolute atomic E-state index is 0.156. The van der Waals surface area contributed by atoms with Crippen molar-refractivity contribution in [1.29, 1.82) is 0 Å². The van der Waals surface area contributed by atoms with E-state index < -0.39 is 0 Å². The average molecular weight is 452 g/mol. The first-order valence-corrected chi connectivity index (χ1v) is 11.5. The monoisotopic (exact) mass is 451 g/mol. The van der Waals surface area contributed by atoms with E-state index in [9.17, 15) is 9.18 Å². The van der Waals surface area contributed by atoms with Gasteiger partial charge < -0.3 is 14.8 Å². The van der Waals surface area contributed by atoms with Gasteiger partial charge in [-0.15, -0.1) is 0 Å². The second-order valence-corrected chi connectivity index (χ2v) is 8.28. The average Bonchev–Trinajstić information content (AvgIpc) is 3.28. The van der Waals surface area contributed by atoms with Crippen LogP contribution in [0.25, 0.3) is 5.69 Å². The molecule has 2 heterocycles. The summed E-state index contributed by atoms with van der Waals surface area (Å²) in [6.45, 7) is 6.39. The summed E-state index contributed by atoms with van der Waals surface area (Å²) in [5.41, 5.74) is 3.03. The Morgan fingerprint density at radius 3 is 2.45 bits per heavy atom. The van der Waals surface area contributed by atoms with Crippen molar-refractivity contribution in [3.63, 3.8) is 0 Å². The van der Waals surface area contributed by atoms with Crippen LogP contribution in [0.4, 0.5) is 4.39 Å². The highest BCUT2D eigenvalue weighted by molar-refractivity contribution is 5.95. The Labute approximate surface area is 193 Å². The van der Waals surface area contributed by atoms with E-state index in [4.69, 9.17) is 9.47 Å². The van der Waals surface area contributed by atoms with Gasteiger partial charge in [-0.3, -0.25) is 4.79 Å². The van der Waals surface area contributed by atoms with E-state index in [1.54, 1.807) is 23.0 Å². The van der Waals surface area contributed by atoms with Crippen LogP contribution in [0.5, 0.6) is 5.75 Å². The number of carbonyl (C=O) groups excluding carboxylic acids is 1. The van der Waals surface area contributed by atoms with Gasteiger partial charge in [-0.25, -0.2) is 9.07 Å². The molecule has 2 aromatic carbocycles. The number of halogens is 1. The summed E-state index contributed by atoms with van der Waals surface area (Å²) < 4.78 is 26.2. The van der Waals surface area contributed by atoms with Gasteiger partial charge >= 0.3 is 0 Å². The molecule has 1 amide bonds. The lowest BCUT2D eigenvalue weighted by atomic mass is 9.74. The van der Waals surface area contributed by atoms with Gasteiger partial charge in [-0.1, -0.05) is 19.1 Å². The highest BCUT2D eigenvalue weighted by Gasteiger charge is 2.35. The summed E-state index contributed by atoms with van der Waals surface area (Å²) in [4.78, 5) is 13.2. The van der Waals surface area contributed by atoms with Crippen molar-refractivity contribution in [2.75, 3.05) is 26.4 Å². The molecule has 1 aliphatic heterocycles. The van der Waals surface area contributed by atoms with Crippen molar-refractivity contribution in [3.05, 3.63) is 77.4 Å². The number of amides is 1. The van der Waals surface area contributed by atoms with Gasteiger partial charge in [0.2, 0.25) is 0 Å². The Morgan fingerprint density at radius 1 is 1.12 bits per heavy atom. The molecule has 0 bridgehead atoms. The Bertz CT molecular complexity index is 1070. The number of hydrogen-bond acceptors (Lipinski definition) is 4. The van der Waals surface area contributed by atoms with Crippen LogP contribution in [0.2, 0.25) is 0 Å². The summed E-state index contributed by atoms with van der Waals surface area (Å²) in [7, 11) is 0. The van der Waals surface area contributed by atoms with Gasteiger partial charge in [0.25, 0.3) is 5.91 Å². The van der Waals surface area contributed by atoms with Crippen molar-refractivity contribution in [2.24, 2.45) is 0 Å². The summed E-state index contributed by atoms with van der Waals surface area (Å²) in [6, 6.07) is 14.3. The van der Waals surface area contributed by atoms with Crippen molar-refractivity contribution in [3.8, 4) is 11.4 Å². The van der Waals surface area contributed by atoms with Crippen molar-refractivity contribution in [2.45, 2.75) is 38.5 Å². The summed E-state index contributed by atoms with van der Waals surface area (Å²) in [6.07, 6.45) is 3.87. The quantitative estimate of drug-likeness (QED) is 0.550. The molecule has 1 N–H and O–H groups in total. The molecule has 6 nitrogen and oxygen atoms in total. The molecule has 1 aliphatic rings. The lowest BCUT2D eigenvalue weighted by Crippen LogP contribution is -2.44. The third-order valence-corrected chi connectivity index (χ3v) is 6.33. The van der Waals surface area contributed by atoms with Gasteiger partial charge in [0.15, 0.2) is 0 Å². The van der Waals surface area contributed by atoms with Crippen LogP contribution >= 0.6 is 0 Å². The summed E-state index contributed by atoms with van der Waals surface area (Å²) in [5.74, 6) is 0.378. The van der Waals surface area contributed by atoms with Crippen LogP contribution in [0.1, 0.15) is 48.3 Å². The largest absolute Gasteiger partial charge is 0.494 e. The molecule has 33 heavy (non-hydrogen) atoms. The third-order valence-electron chi connectivity index (χ3n) is 6.33. The number of rotatable bonds is 8. The Kier molecular flexibility index (Phi) is 7.08. The maximum Gasteiger partial charge on any atom is 0.254 e. The molecule has 3 aromatic rings. The number of aromatic nitrogens is 2. The van der Waals surface area contributed by atoms with Crippen LogP contribution in [-0.2, 0) is 16.6 Å². The topological polar surface area (TPSA) is 65.4 Å². The molecular formula is C26H30FN3O3. The molecule has 0 saturated carbocycles. The van der Waals surface area contributed by atoms with Crippen LogP contribution in [0.3, 0.4) is 0 Å². The van der Waals surface area contributed by atoms with Crippen molar-refractivity contribution in [1.82, 2.24) is 15.1 Å². The molecule has 0 atom stereocenters. The summed E-state index contributed by atoms with van der Waals surface area (Å²) >= 11 is 0. The fraction of sp³-hybridized carbons (Fsp3) is 0.385. The Balaban J connectivity index is 1.54. The minimum atomic E-state index is -0.307. The maximum absolute atomic E-state index is 13.3. The molecular weight excluding hydrogens is 421 g/mol. The number of nitrogens with zero attached hydrogens (tertiary/aromatic N) is 2. The zero-order chi connectivity index (χ0) is 23.3. The predicted molar refractivity (Wildman–Crippen MR) is 125 cm³/mol. The fourth-order valence-electron chi connectivity index (χ4n) is 4.45. The van der Waals surface area contributed by atoms with Gasteiger partial charge in [0, 0.05) is 25.2 Å². The Hall–Kier alpha value is -3.19. The zero-order valence-corrected chi connectivity index (χ0v) is 19.1. The zero-order valence-electron chi connectivity index (χ0n) is 19.1. The van der Waals surface area contributed by atoms with E-state index in [-0.39, 0.29) is 17.1 Å². The standard InChI is InChI=1S/C26H30FN3O3/c1-3-24-23(17-29-30(24)21-9-7-20(27)8-10-21)25(31)28-18-26(13-15-32-16-14-26)19-5-11-22(12-6-19)33-4-2/h5-12,17H,3-4,13-16,18H2,1-2H3,(H,28,31). The molecule has 1 saturated heterocycles.